The van der Waals surface area contributed by atoms with E-state index in [9.17, 15) is 14.0 Å². The fourth-order valence-electron chi connectivity index (χ4n) is 4.09. The van der Waals surface area contributed by atoms with Crippen molar-refractivity contribution < 1.29 is 14.0 Å². The second-order valence-electron chi connectivity index (χ2n) is 7.71. The molecule has 3 aromatic rings. The maximum absolute atomic E-state index is 13.1. The van der Waals surface area contributed by atoms with E-state index in [4.69, 9.17) is 0 Å². The van der Waals surface area contributed by atoms with Crippen LogP contribution in [0, 0.1) is 5.82 Å². The number of carbonyl (C=O) groups excluding carboxylic acids is 2. The van der Waals surface area contributed by atoms with Crippen LogP contribution >= 0.6 is 0 Å². The lowest BCUT2D eigenvalue weighted by Crippen LogP contribution is -2.51. The number of amides is 2. The number of rotatable bonds is 5. The molecule has 2 amide bonds. The monoisotopic (exact) mass is 419 g/mol. The summed E-state index contributed by atoms with van der Waals surface area (Å²) in [5, 5.41) is 2.18. The van der Waals surface area contributed by atoms with Gasteiger partial charge in [-0.15, -0.1) is 0 Å². The molecule has 31 heavy (non-hydrogen) atoms. The molecule has 0 N–H and O–H groups in total. The second-order valence-corrected chi connectivity index (χ2v) is 7.71. The third-order valence-electron chi connectivity index (χ3n) is 5.78. The molecule has 1 aliphatic rings. The summed E-state index contributed by atoms with van der Waals surface area (Å²) in [4.78, 5) is 31.4. The van der Waals surface area contributed by atoms with Crippen molar-refractivity contribution in [2.45, 2.75) is 6.92 Å². The van der Waals surface area contributed by atoms with Crippen molar-refractivity contribution in [1.29, 1.82) is 0 Å². The van der Waals surface area contributed by atoms with Gasteiger partial charge in [-0.2, -0.15) is 0 Å². The Balaban J connectivity index is 1.39. The number of nitrogens with zero attached hydrogens (tertiary/aromatic N) is 3. The normalized spacial score (nSPS) is 14.6. The molecule has 5 nitrogen and oxygen atoms in total. The number of hydrogen-bond acceptors (Lipinski definition) is 3. The molecular formula is C25H26FN3O2. The smallest absolute Gasteiger partial charge is 0.253 e. The summed E-state index contributed by atoms with van der Waals surface area (Å²) in [6.45, 7) is 5.25. The van der Waals surface area contributed by atoms with E-state index in [2.05, 4.69) is 17.0 Å². The van der Waals surface area contributed by atoms with Crippen LogP contribution in [0.25, 0.3) is 10.8 Å². The molecule has 0 atom stereocenters. The van der Waals surface area contributed by atoms with E-state index in [1.165, 1.54) is 24.3 Å². The molecule has 0 aliphatic carbocycles. The molecule has 0 saturated carbocycles. The Hall–Kier alpha value is -3.25. The molecule has 1 heterocycles. The molecule has 0 aromatic heterocycles. The van der Waals surface area contributed by atoms with Crippen LogP contribution in [-0.4, -0.2) is 60.9 Å². The summed E-state index contributed by atoms with van der Waals surface area (Å²) >= 11 is 0. The molecule has 6 heteroatoms. The number of carbonyl (C=O) groups is 2. The van der Waals surface area contributed by atoms with Crippen molar-refractivity contribution in [3.8, 4) is 0 Å². The van der Waals surface area contributed by atoms with Gasteiger partial charge in [-0.3, -0.25) is 14.5 Å². The number of likely N-dealkylation sites (N-methyl/N-ethyl adjacent to an activating group) is 1. The molecule has 3 aromatic carbocycles. The van der Waals surface area contributed by atoms with Crippen LogP contribution in [-0.2, 0) is 4.79 Å². The van der Waals surface area contributed by atoms with Gasteiger partial charge in [-0.1, -0.05) is 36.4 Å². The Labute approximate surface area is 181 Å². The quantitative estimate of drug-likeness (QED) is 0.632. The van der Waals surface area contributed by atoms with Gasteiger partial charge in [0, 0.05) is 43.7 Å². The third-order valence-corrected chi connectivity index (χ3v) is 5.78. The van der Waals surface area contributed by atoms with Gasteiger partial charge in [0.1, 0.15) is 5.82 Å². The van der Waals surface area contributed by atoms with E-state index < -0.39 is 0 Å². The molecular weight excluding hydrogens is 393 g/mol. The van der Waals surface area contributed by atoms with Crippen LogP contribution in [0.15, 0.2) is 66.7 Å². The molecule has 1 aliphatic heterocycles. The SMILES string of the molecule is CCN(C(=O)CN1CCN(C(=O)c2ccc(F)cc2)CC1)c1cccc2ccccc12. The van der Waals surface area contributed by atoms with Gasteiger partial charge in [0.15, 0.2) is 0 Å². The predicted molar refractivity (Wildman–Crippen MR) is 121 cm³/mol. The van der Waals surface area contributed by atoms with E-state index in [1.54, 1.807) is 4.90 Å². The topological polar surface area (TPSA) is 43.9 Å². The van der Waals surface area contributed by atoms with Crippen molar-refractivity contribution in [2.75, 3.05) is 44.2 Å². The molecule has 160 valence electrons. The van der Waals surface area contributed by atoms with Crippen molar-refractivity contribution in [3.63, 3.8) is 0 Å². The maximum Gasteiger partial charge on any atom is 0.253 e. The summed E-state index contributed by atoms with van der Waals surface area (Å²) in [5.74, 6) is -0.402. The molecule has 4 rings (SSSR count). The molecule has 0 unspecified atom stereocenters. The van der Waals surface area contributed by atoms with Crippen molar-refractivity contribution in [3.05, 3.63) is 78.1 Å². The van der Waals surface area contributed by atoms with E-state index in [-0.39, 0.29) is 17.6 Å². The Morgan fingerprint density at radius 3 is 2.29 bits per heavy atom. The Morgan fingerprint density at radius 2 is 1.58 bits per heavy atom. The van der Waals surface area contributed by atoms with E-state index in [0.29, 0.717) is 44.8 Å². The summed E-state index contributed by atoms with van der Waals surface area (Å²) in [6.07, 6.45) is 0. The van der Waals surface area contributed by atoms with Gasteiger partial charge in [0.25, 0.3) is 5.91 Å². The van der Waals surface area contributed by atoms with E-state index in [0.717, 1.165) is 16.5 Å². The highest BCUT2D eigenvalue weighted by molar-refractivity contribution is 6.04. The average molecular weight is 420 g/mol. The van der Waals surface area contributed by atoms with Crippen LogP contribution in [0.4, 0.5) is 10.1 Å². The fraction of sp³-hybridized carbons (Fsp3) is 0.280. The average Bonchev–Trinajstić information content (AvgIpc) is 2.80. The van der Waals surface area contributed by atoms with Crippen molar-refractivity contribution in [2.24, 2.45) is 0 Å². The lowest BCUT2D eigenvalue weighted by atomic mass is 10.1. The minimum atomic E-state index is -0.355. The molecule has 0 spiro atoms. The zero-order valence-corrected chi connectivity index (χ0v) is 17.6. The van der Waals surface area contributed by atoms with Crippen LogP contribution in [0.5, 0.6) is 0 Å². The van der Waals surface area contributed by atoms with Gasteiger partial charge in [-0.25, -0.2) is 4.39 Å². The zero-order valence-electron chi connectivity index (χ0n) is 17.6. The minimum absolute atomic E-state index is 0.0529. The van der Waals surface area contributed by atoms with Gasteiger partial charge < -0.3 is 9.80 Å². The molecule has 0 bridgehead atoms. The van der Waals surface area contributed by atoms with Crippen molar-refractivity contribution >= 4 is 28.3 Å². The van der Waals surface area contributed by atoms with Gasteiger partial charge in [0.05, 0.1) is 12.2 Å². The third kappa shape index (κ3) is 4.59. The Morgan fingerprint density at radius 1 is 0.903 bits per heavy atom. The first kappa shape index (κ1) is 21.0. The summed E-state index contributed by atoms with van der Waals surface area (Å²) in [6, 6.07) is 19.7. The summed E-state index contributed by atoms with van der Waals surface area (Å²) < 4.78 is 13.1. The number of hydrogen-bond donors (Lipinski definition) is 0. The number of benzene rings is 3. The number of piperazine rings is 1. The lowest BCUT2D eigenvalue weighted by molar-refractivity contribution is -0.120. The summed E-state index contributed by atoms with van der Waals surface area (Å²) in [7, 11) is 0. The first-order valence-corrected chi connectivity index (χ1v) is 10.6. The van der Waals surface area contributed by atoms with Gasteiger partial charge in [-0.05, 0) is 42.6 Å². The Kier molecular flexibility index (Phi) is 6.28. The van der Waals surface area contributed by atoms with E-state index >= 15 is 0 Å². The zero-order chi connectivity index (χ0) is 21.8. The minimum Gasteiger partial charge on any atom is -0.336 e. The van der Waals surface area contributed by atoms with Crippen LogP contribution < -0.4 is 4.90 Å². The highest BCUT2D eigenvalue weighted by Gasteiger charge is 2.25. The second kappa shape index (κ2) is 9.27. The molecule has 0 radical (unpaired) electrons. The van der Waals surface area contributed by atoms with Crippen LogP contribution in [0.2, 0.25) is 0 Å². The van der Waals surface area contributed by atoms with E-state index in [1.807, 2.05) is 42.2 Å². The standard InChI is InChI=1S/C25H26FN3O2/c1-2-29(23-9-5-7-19-6-3-4-8-22(19)23)24(30)18-27-14-16-28(17-15-27)25(31)20-10-12-21(26)13-11-20/h3-13H,2,14-18H2,1H3. The molecule has 1 saturated heterocycles. The number of halogens is 1. The number of fused-ring (bicyclic) bond motifs is 1. The number of anilines is 1. The van der Waals surface area contributed by atoms with Crippen LogP contribution in [0.1, 0.15) is 17.3 Å². The molecule has 1 fully saturated rings. The first-order chi connectivity index (χ1) is 15.1. The Bertz CT molecular complexity index is 1070. The van der Waals surface area contributed by atoms with Gasteiger partial charge >= 0.3 is 0 Å². The summed E-state index contributed by atoms with van der Waals surface area (Å²) in [5.41, 5.74) is 1.41. The highest BCUT2D eigenvalue weighted by atomic mass is 19.1. The predicted octanol–water partition coefficient (Wildman–Crippen LogP) is 3.79. The maximum atomic E-state index is 13.1. The van der Waals surface area contributed by atoms with Gasteiger partial charge in [0.2, 0.25) is 5.91 Å². The lowest BCUT2D eigenvalue weighted by Gasteiger charge is -2.35. The largest absolute Gasteiger partial charge is 0.336 e. The highest BCUT2D eigenvalue weighted by Crippen LogP contribution is 2.27. The fourth-order valence-corrected chi connectivity index (χ4v) is 4.09. The first-order valence-electron chi connectivity index (χ1n) is 10.6. The van der Waals surface area contributed by atoms with Crippen LogP contribution in [0.3, 0.4) is 0 Å². The van der Waals surface area contributed by atoms with Crippen molar-refractivity contribution in [1.82, 2.24) is 9.80 Å².